The monoisotopic (exact) mass is 463 g/mol. The number of alkyl halides is 3. The van der Waals surface area contributed by atoms with Gasteiger partial charge >= 0.3 is 6.18 Å². The maximum absolute atomic E-state index is 13.6. The van der Waals surface area contributed by atoms with Gasteiger partial charge in [-0.15, -0.1) is 0 Å². The molecule has 33 heavy (non-hydrogen) atoms. The van der Waals surface area contributed by atoms with E-state index >= 15 is 0 Å². The maximum atomic E-state index is 13.6. The van der Waals surface area contributed by atoms with Gasteiger partial charge in [0.1, 0.15) is 0 Å². The number of imide groups is 1. The highest BCUT2D eigenvalue weighted by Gasteiger charge is 2.73. The molecule has 0 aliphatic carbocycles. The molecule has 176 valence electrons. The summed E-state index contributed by atoms with van der Waals surface area (Å²) in [6, 6.07) is 2.99. The van der Waals surface area contributed by atoms with Crippen LogP contribution < -0.4 is 4.90 Å². The first-order chi connectivity index (χ1) is 15.6. The van der Waals surface area contributed by atoms with Gasteiger partial charge in [0.15, 0.2) is 5.69 Å². The van der Waals surface area contributed by atoms with Crippen molar-refractivity contribution in [1.29, 1.82) is 0 Å². The fourth-order valence-electron chi connectivity index (χ4n) is 6.02. The number of morpholine rings is 1. The number of fused-ring (bicyclic) bond motifs is 5. The molecule has 4 aliphatic rings. The predicted molar refractivity (Wildman–Crippen MR) is 111 cm³/mol. The lowest BCUT2D eigenvalue weighted by Crippen LogP contribution is -2.46. The molecule has 0 saturated carbocycles. The van der Waals surface area contributed by atoms with Gasteiger partial charge in [-0.05, 0) is 38.3 Å². The minimum atomic E-state index is -4.77. The number of benzene rings is 1. The van der Waals surface area contributed by atoms with Crippen molar-refractivity contribution in [3.8, 4) is 0 Å². The molecular formula is C23H24F3N3O4. The van der Waals surface area contributed by atoms with Crippen molar-refractivity contribution in [1.82, 2.24) is 4.90 Å². The van der Waals surface area contributed by atoms with Crippen LogP contribution in [0.3, 0.4) is 0 Å². The summed E-state index contributed by atoms with van der Waals surface area (Å²) in [6.07, 6.45) is -2.95. The highest BCUT2D eigenvalue weighted by atomic mass is 19.4. The smallest absolute Gasteiger partial charge is 0.379 e. The molecular weight excluding hydrogens is 439 g/mol. The first-order valence-electron chi connectivity index (χ1n) is 11.1. The summed E-state index contributed by atoms with van der Waals surface area (Å²) in [7, 11) is 0. The molecule has 0 radical (unpaired) electrons. The van der Waals surface area contributed by atoms with E-state index in [0.29, 0.717) is 39.0 Å². The van der Waals surface area contributed by atoms with Gasteiger partial charge in [0.25, 0.3) is 0 Å². The molecule has 0 aromatic heterocycles. The molecule has 2 unspecified atom stereocenters. The number of anilines is 1. The zero-order valence-electron chi connectivity index (χ0n) is 18.2. The number of amides is 2. The third kappa shape index (κ3) is 3.36. The average molecular weight is 463 g/mol. The summed E-state index contributed by atoms with van der Waals surface area (Å²) in [5, 5.41) is 0. The molecule has 1 aromatic carbocycles. The van der Waals surface area contributed by atoms with Crippen LogP contribution in [0, 0.1) is 18.4 Å². The fraction of sp³-hybridized carbons (Fsp3) is 0.609. The van der Waals surface area contributed by atoms with Crippen LogP contribution in [0.4, 0.5) is 24.5 Å². The molecule has 10 heteroatoms. The van der Waals surface area contributed by atoms with Crippen molar-refractivity contribution in [3.63, 3.8) is 0 Å². The number of halogens is 3. The van der Waals surface area contributed by atoms with Gasteiger partial charge in [0, 0.05) is 25.3 Å². The number of nitrogens with zero attached hydrogens (tertiary/aromatic N) is 3. The Morgan fingerprint density at radius 1 is 1.15 bits per heavy atom. The summed E-state index contributed by atoms with van der Waals surface area (Å²) in [5.41, 5.74) is -3.49. The molecule has 2 amide bonds. The zero-order valence-corrected chi connectivity index (χ0v) is 18.2. The van der Waals surface area contributed by atoms with Gasteiger partial charge in [0.05, 0.1) is 48.4 Å². The quantitative estimate of drug-likeness (QED) is 0.506. The Morgan fingerprint density at radius 2 is 1.85 bits per heavy atom. The Bertz CT molecular complexity index is 1050. The fourth-order valence-corrected chi connectivity index (χ4v) is 6.02. The minimum Gasteiger partial charge on any atom is -0.379 e. The second-order valence-electron chi connectivity index (χ2n) is 9.46. The molecule has 7 nitrogen and oxygen atoms in total. The molecule has 1 aromatic rings. The second-order valence-corrected chi connectivity index (χ2v) is 9.46. The summed E-state index contributed by atoms with van der Waals surface area (Å²) in [5.74, 6) is -2.48. The van der Waals surface area contributed by atoms with E-state index in [0.717, 1.165) is 30.1 Å². The Labute approximate surface area is 189 Å². The maximum Gasteiger partial charge on any atom is 0.407 e. The minimum absolute atomic E-state index is 0.148. The topological polar surface area (TPSA) is 63.4 Å². The van der Waals surface area contributed by atoms with Crippen LogP contribution in [0.15, 0.2) is 18.2 Å². The van der Waals surface area contributed by atoms with E-state index in [4.69, 9.17) is 16.0 Å². The molecule has 0 N–H and O–H groups in total. The van der Waals surface area contributed by atoms with Crippen LogP contribution in [-0.4, -0.2) is 60.8 Å². The van der Waals surface area contributed by atoms with Crippen molar-refractivity contribution in [2.75, 3.05) is 37.7 Å². The van der Waals surface area contributed by atoms with E-state index < -0.39 is 52.3 Å². The van der Waals surface area contributed by atoms with Crippen LogP contribution in [0.5, 0.6) is 0 Å². The molecule has 4 aliphatic heterocycles. The molecule has 4 heterocycles. The number of ether oxygens (including phenoxy) is 2. The van der Waals surface area contributed by atoms with Crippen molar-refractivity contribution < 1.29 is 32.2 Å². The number of hydrogen-bond donors (Lipinski definition) is 0. The number of rotatable bonds is 4. The number of hydrogen-bond acceptors (Lipinski definition) is 5. The van der Waals surface area contributed by atoms with Crippen LogP contribution in [-0.2, 0) is 25.2 Å². The van der Waals surface area contributed by atoms with E-state index in [-0.39, 0.29) is 5.69 Å². The summed E-state index contributed by atoms with van der Waals surface area (Å²) >= 11 is 0. The van der Waals surface area contributed by atoms with Crippen LogP contribution in [0.1, 0.15) is 31.7 Å². The largest absolute Gasteiger partial charge is 0.407 e. The van der Waals surface area contributed by atoms with Gasteiger partial charge in [-0.25, -0.2) is 9.74 Å². The van der Waals surface area contributed by atoms with Crippen LogP contribution >= 0.6 is 0 Å². The van der Waals surface area contributed by atoms with E-state index in [2.05, 4.69) is 9.74 Å². The summed E-state index contributed by atoms with van der Waals surface area (Å²) in [4.78, 5) is 33.0. The van der Waals surface area contributed by atoms with E-state index in [1.165, 1.54) is 6.07 Å². The standard InChI is InChI=1S/C23H24F3N3O4/c1-21-5-6-22(33-21,7-8-28-9-11-32-12-10-28)18-17(21)19(30)29(20(18)31)14-3-4-16(27-2)15(13-14)23(24,25)26/h3-4,13,17-18H,5-12H2,1H3/t17-,18+,21?,22?/m1/s1. The normalized spacial score (nSPS) is 34.1. The third-order valence-electron chi connectivity index (χ3n) is 7.63. The molecule has 2 bridgehead atoms. The molecule has 4 fully saturated rings. The van der Waals surface area contributed by atoms with Crippen molar-refractivity contribution >= 4 is 23.2 Å². The first-order valence-corrected chi connectivity index (χ1v) is 11.1. The zero-order chi connectivity index (χ0) is 23.6. The van der Waals surface area contributed by atoms with E-state index in [9.17, 15) is 22.8 Å². The van der Waals surface area contributed by atoms with Gasteiger partial charge in [0.2, 0.25) is 11.8 Å². The lowest BCUT2D eigenvalue weighted by Gasteiger charge is -2.34. The Kier molecular flexibility index (Phi) is 5.08. The highest BCUT2D eigenvalue weighted by Crippen LogP contribution is 2.62. The molecule has 5 rings (SSSR count). The summed E-state index contributed by atoms with van der Waals surface area (Å²) < 4.78 is 52.3. The van der Waals surface area contributed by atoms with Crippen LogP contribution in [0.25, 0.3) is 4.85 Å². The van der Waals surface area contributed by atoms with Crippen LogP contribution in [0.2, 0.25) is 0 Å². The van der Waals surface area contributed by atoms with Gasteiger partial charge in [-0.3, -0.25) is 14.5 Å². The Balaban J connectivity index is 1.47. The van der Waals surface area contributed by atoms with Crippen molar-refractivity contribution in [2.24, 2.45) is 11.8 Å². The lowest BCUT2D eigenvalue weighted by atomic mass is 9.67. The third-order valence-corrected chi connectivity index (χ3v) is 7.63. The average Bonchev–Trinajstić information content (AvgIpc) is 3.37. The SMILES string of the molecule is [C-]#[N+]c1ccc(N2C(=O)[C@@H]3[C@H](C2=O)C2(C)CCC3(CCN3CCOCC3)O2)cc1C(F)(F)F. The van der Waals surface area contributed by atoms with Crippen molar-refractivity contribution in [2.45, 2.75) is 43.6 Å². The molecule has 4 saturated heterocycles. The number of carbonyl (C=O) groups excluding carboxylic acids is 2. The van der Waals surface area contributed by atoms with E-state index in [1.54, 1.807) is 0 Å². The predicted octanol–water partition coefficient (Wildman–Crippen LogP) is 3.41. The Morgan fingerprint density at radius 3 is 2.52 bits per heavy atom. The second kappa shape index (κ2) is 7.52. The lowest BCUT2D eigenvalue weighted by molar-refractivity contribution is -0.137. The van der Waals surface area contributed by atoms with Gasteiger partial charge < -0.3 is 9.47 Å². The first kappa shape index (κ1) is 22.3. The van der Waals surface area contributed by atoms with Crippen molar-refractivity contribution in [3.05, 3.63) is 35.2 Å². The number of carbonyl (C=O) groups is 2. The van der Waals surface area contributed by atoms with Gasteiger partial charge in [-0.1, -0.05) is 6.07 Å². The molecule has 0 spiro atoms. The summed E-state index contributed by atoms with van der Waals surface area (Å²) in [6.45, 7) is 12.4. The van der Waals surface area contributed by atoms with Gasteiger partial charge in [-0.2, -0.15) is 13.2 Å². The highest BCUT2D eigenvalue weighted by molar-refractivity contribution is 6.23. The Hall–Kier alpha value is -2.48. The molecule has 4 atom stereocenters. The van der Waals surface area contributed by atoms with E-state index in [1.807, 2.05) is 6.92 Å².